The molecule has 0 aliphatic heterocycles. The van der Waals surface area contributed by atoms with Gasteiger partial charge in [-0.05, 0) is 196 Å². The number of aryl methyl sites for hydroxylation is 8. The summed E-state index contributed by atoms with van der Waals surface area (Å²) in [6.07, 6.45) is 1.72. The molecule has 0 amide bonds. The molecule has 0 N–H and O–H groups in total. The highest BCUT2D eigenvalue weighted by molar-refractivity contribution is 6.75. The van der Waals surface area contributed by atoms with Gasteiger partial charge >= 0.3 is 0 Å². The summed E-state index contributed by atoms with van der Waals surface area (Å²) < 4.78 is 0. The van der Waals surface area contributed by atoms with Crippen molar-refractivity contribution in [3.05, 3.63) is 194 Å². The maximum absolute atomic E-state index is 2.62. The zero-order valence-electron chi connectivity index (χ0n) is 40.5. The lowest BCUT2D eigenvalue weighted by Crippen LogP contribution is -2.41. The average Bonchev–Trinajstić information content (AvgIpc) is 3.18. The molecule has 1 heteroatoms. The predicted octanol–water partition coefficient (Wildman–Crippen LogP) is 16.4. The van der Waals surface area contributed by atoms with E-state index in [0.29, 0.717) is 0 Å². The van der Waals surface area contributed by atoms with Gasteiger partial charge < -0.3 is 0 Å². The second-order valence-electron chi connectivity index (χ2n) is 20.4. The molecule has 0 atom stereocenters. The van der Waals surface area contributed by atoms with E-state index >= 15 is 0 Å². The van der Waals surface area contributed by atoms with Crippen LogP contribution >= 0.6 is 0 Å². The lowest BCUT2D eigenvalue weighted by atomic mass is 9.79. The summed E-state index contributed by atoms with van der Waals surface area (Å²) in [4.78, 5) is 0. The van der Waals surface area contributed by atoms with Crippen LogP contribution in [0.3, 0.4) is 0 Å². The van der Waals surface area contributed by atoms with Crippen LogP contribution < -0.4 is 5.19 Å². The average molecular weight is 830 g/mol. The molecular weight excluding hydrogens is 761 g/mol. The Hall–Kier alpha value is -5.24. The van der Waals surface area contributed by atoms with E-state index in [1.807, 2.05) is 0 Å². The Morgan fingerprint density at radius 1 is 0.371 bits per heavy atom. The molecule has 7 aromatic carbocycles. The Kier molecular flexibility index (Phi) is 12.6. The molecule has 317 valence electrons. The molecule has 0 bridgehead atoms. The maximum atomic E-state index is 2.62. The van der Waals surface area contributed by atoms with Gasteiger partial charge in [-0.15, -0.1) is 0 Å². The van der Waals surface area contributed by atoms with E-state index in [1.165, 1.54) is 117 Å². The van der Waals surface area contributed by atoms with Crippen molar-refractivity contribution in [3.63, 3.8) is 0 Å². The standard InChI is InChI=1S/C61H69Si/c1-38-22-16-23-39(2)55(38)49-30-20-31-50(56-40(3)24-17-25-41(56)4)53(49)36-46-34-48(60(9,10)11)35-47(59(46)62(15)61(12,13)14)37-54-51(57-42(5)26-18-27-43(57)6)32-21-33-52(54)58-44(7)28-19-29-45(58)8/h16-35H,36-37H2,1-15H3. The fraction of sp³-hybridized carbons (Fsp3) is 0.311. The van der Waals surface area contributed by atoms with Crippen molar-refractivity contribution in [2.75, 3.05) is 0 Å². The molecule has 7 aromatic rings. The van der Waals surface area contributed by atoms with E-state index in [2.05, 4.69) is 225 Å². The molecule has 0 unspecified atom stereocenters. The third-order valence-corrected chi connectivity index (χ3v) is 17.4. The van der Waals surface area contributed by atoms with Gasteiger partial charge in [-0.25, -0.2) is 0 Å². The molecule has 0 fully saturated rings. The van der Waals surface area contributed by atoms with Gasteiger partial charge in [-0.1, -0.05) is 175 Å². The van der Waals surface area contributed by atoms with Gasteiger partial charge in [0.25, 0.3) is 0 Å². The van der Waals surface area contributed by atoms with E-state index in [0.717, 1.165) is 12.8 Å². The van der Waals surface area contributed by atoms with Gasteiger partial charge in [-0.2, -0.15) is 0 Å². The lowest BCUT2D eigenvalue weighted by Gasteiger charge is -2.33. The monoisotopic (exact) mass is 830 g/mol. The zero-order valence-corrected chi connectivity index (χ0v) is 41.5. The van der Waals surface area contributed by atoms with Gasteiger partial charge in [0.2, 0.25) is 0 Å². The summed E-state index contributed by atoms with van der Waals surface area (Å²) in [5, 5.41) is 1.73. The van der Waals surface area contributed by atoms with Gasteiger partial charge in [0.05, 0.1) is 8.80 Å². The van der Waals surface area contributed by atoms with Crippen LogP contribution in [-0.4, -0.2) is 8.80 Å². The second kappa shape index (κ2) is 17.5. The first kappa shape index (κ1) is 44.8. The van der Waals surface area contributed by atoms with Crippen molar-refractivity contribution >= 4 is 14.0 Å². The summed E-state index contributed by atoms with van der Waals surface area (Å²) >= 11 is 0. The smallest absolute Gasteiger partial charge is 0.0665 e. The van der Waals surface area contributed by atoms with Gasteiger partial charge in [0.15, 0.2) is 0 Å². The molecule has 62 heavy (non-hydrogen) atoms. The summed E-state index contributed by atoms with van der Waals surface area (Å²) in [6.45, 7) is 35.5. The van der Waals surface area contributed by atoms with Crippen molar-refractivity contribution in [1.82, 2.24) is 0 Å². The summed E-state index contributed by atoms with van der Waals surface area (Å²) in [5.41, 5.74) is 28.7. The Bertz CT molecular complexity index is 2400. The first-order valence-corrected chi connectivity index (χ1v) is 24.8. The van der Waals surface area contributed by atoms with Crippen LogP contribution in [0.25, 0.3) is 44.5 Å². The summed E-state index contributed by atoms with van der Waals surface area (Å²) in [5.74, 6) is 0. The van der Waals surface area contributed by atoms with Crippen molar-refractivity contribution in [2.24, 2.45) is 0 Å². The van der Waals surface area contributed by atoms with E-state index in [4.69, 9.17) is 0 Å². The molecular formula is C61H69Si. The largest absolute Gasteiger partial charge is 0.0888 e. The second-order valence-corrected chi connectivity index (χ2v) is 23.6. The number of hydrogen-bond acceptors (Lipinski definition) is 0. The van der Waals surface area contributed by atoms with E-state index in [9.17, 15) is 0 Å². The Labute approximate surface area is 377 Å². The summed E-state index contributed by atoms with van der Waals surface area (Å²) in [7, 11) is -1.11. The van der Waals surface area contributed by atoms with Gasteiger partial charge in [0, 0.05) is 0 Å². The zero-order chi connectivity index (χ0) is 44.8. The van der Waals surface area contributed by atoms with Crippen molar-refractivity contribution < 1.29 is 0 Å². The highest BCUT2D eigenvalue weighted by atomic mass is 28.3. The fourth-order valence-corrected chi connectivity index (χ4v) is 12.2. The molecule has 0 saturated carbocycles. The highest BCUT2D eigenvalue weighted by Gasteiger charge is 2.32. The van der Waals surface area contributed by atoms with E-state index in [1.54, 1.807) is 5.19 Å². The molecule has 0 aliphatic rings. The van der Waals surface area contributed by atoms with Crippen molar-refractivity contribution in [1.29, 1.82) is 0 Å². The minimum absolute atomic E-state index is 0.0481. The quantitative estimate of drug-likeness (QED) is 0.127. The van der Waals surface area contributed by atoms with Crippen LogP contribution in [0.5, 0.6) is 0 Å². The maximum Gasteiger partial charge on any atom is 0.0888 e. The van der Waals surface area contributed by atoms with E-state index in [-0.39, 0.29) is 10.5 Å². The molecule has 7 rings (SSSR count). The fourth-order valence-electron chi connectivity index (χ4n) is 10.2. The molecule has 0 saturated heterocycles. The van der Waals surface area contributed by atoms with Gasteiger partial charge in [0.1, 0.15) is 0 Å². The van der Waals surface area contributed by atoms with Crippen LogP contribution in [0, 0.1) is 55.4 Å². The molecule has 0 heterocycles. The third kappa shape index (κ3) is 8.71. The van der Waals surface area contributed by atoms with Crippen LogP contribution in [0.2, 0.25) is 11.6 Å². The molecule has 0 spiro atoms. The summed E-state index contributed by atoms with van der Waals surface area (Å²) in [6, 6.07) is 46.6. The molecule has 0 nitrogen and oxygen atoms in total. The van der Waals surface area contributed by atoms with Gasteiger partial charge in [-0.3, -0.25) is 0 Å². The predicted molar refractivity (Wildman–Crippen MR) is 274 cm³/mol. The molecule has 1 radical (unpaired) electrons. The minimum Gasteiger partial charge on any atom is -0.0665 e. The Morgan fingerprint density at radius 2 is 0.613 bits per heavy atom. The minimum atomic E-state index is -1.11. The van der Waals surface area contributed by atoms with Crippen LogP contribution in [0.15, 0.2) is 121 Å². The third-order valence-electron chi connectivity index (χ3n) is 13.8. The normalized spacial score (nSPS) is 12.1. The number of benzene rings is 7. The van der Waals surface area contributed by atoms with Crippen LogP contribution in [0.4, 0.5) is 0 Å². The SMILES string of the molecule is Cc1cccc(C)c1-c1cccc(-c2c(C)cccc2C)c1Cc1cc(C(C)(C)C)cc(Cc2c(-c3c(C)cccc3C)cccc2-c2c(C)cccc2C)c1[Si](C)C(C)(C)C. The van der Waals surface area contributed by atoms with Crippen LogP contribution in [-0.2, 0) is 18.3 Å². The Morgan fingerprint density at radius 3 is 0.839 bits per heavy atom. The number of hydrogen-bond donors (Lipinski definition) is 0. The Balaban J connectivity index is 1.60. The molecule has 0 aliphatic carbocycles. The van der Waals surface area contributed by atoms with Crippen molar-refractivity contribution in [3.8, 4) is 44.5 Å². The van der Waals surface area contributed by atoms with Crippen molar-refractivity contribution in [2.45, 2.75) is 127 Å². The van der Waals surface area contributed by atoms with E-state index < -0.39 is 8.80 Å². The number of rotatable bonds is 9. The first-order chi connectivity index (χ1) is 29.3. The highest BCUT2D eigenvalue weighted by Crippen LogP contribution is 2.43. The topological polar surface area (TPSA) is 0 Å². The molecule has 0 aromatic heterocycles. The first-order valence-electron chi connectivity index (χ1n) is 22.8. The lowest BCUT2D eigenvalue weighted by molar-refractivity contribution is 0.589. The van der Waals surface area contributed by atoms with Crippen LogP contribution in [0.1, 0.15) is 114 Å².